The molecule has 8 aliphatic rings. The van der Waals surface area contributed by atoms with Crippen molar-refractivity contribution < 1.29 is 14.2 Å². The second-order valence-electron chi connectivity index (χ2n) is 9.16. The highest BCUT2D eigenvalue weighted by molar-refractivity contribution is 5.69. The van der Waals surface area contributed by atoms with Crippen molar-refractivity contribution in [2.75, 3.05) is 14.2 Å². The third kappa shape index (κ3) is 0.782. The van der Waals surface area contributed by atoms with Gasteiger partial charge in [0.2, 0.25) is 0 Å². The van der Waals surface area contributed by atoms with Gasteiger partial charge in [0.15, 0.2) is 0 Å². The van der Waals surface area contributed by atoms with E-state index < -0.39 is 0 Å². The van der Waals surface area contributed by atoms with Crippen molar-refractivity contribution >= 4 is 0 Å². The van der Waals surface area contributed by atoms with E-state index in [2.05, 4.69) is 12.1 Å². The summed E-state index contributed by atoms with van der Waals surface area (Å²) >= 11 is 0. The zero-order chi connectivity index (χ0) is 14.9. The van der Waals surface area contributed by atoms with Gasteiger partial charge in [-0.05, 0) is 71.3 Å². The maximum Gasteiger partial charge on any atom is 0.122 e. The number of hydrogen-bond acceptors (Lipinski definition) is 3. The lowest BCUT2D eigenvalue weighted by molar-refractivity contribution is 0.101. The van der Waals surface area contributed by atoms with Crippen LogP contribution in [0.3, 0.4) is 0 Å². The molecule has 10 atom stereocenters. The first-order chi connectivity index (χ1) is 11.3. The third-order valence-electron chi connectivity index (χ3n) is 9.38. The average Bonchev–Trinajstić information content (AvgIpc) is 3.48. The molecule has 3 heteroatoms. The number of epoxide rings is 1. The van der Waals surface area contributed by atoms with Gasteiger partial charge in [-0.25, -0.2) is 0 Å². The molecular weight excluding hydrogens is 288 g/mol. The van der Waals surface area contributed by atoms with Crippen molar-refractivity contribution in [3.8, 4) is 11.5 Å². The van der Waals surface area contributed by atoms with Crippen molar-refractivity contribution in [1.82, 2.24) is 0 Å². The summed E-state index contributed by atoms with van der Waals surface area (Å²) in [5, 5.41) is 0. The summed E-state index contributed by atoms with van der Waals surface area (Å²) in [6.45, 7) is 0. The fourth-order valence-corrected chi connectivity index (χ4v) is 9.33. The van der Waals surface area contributed by atoms with E-state index in [0.29, 0.717) is 23.0 Å². The van der Waals surface area contributed by atoms with Crippen LogP contribution in [0.25, 0.3) is 0 Å². The van der Waals surface area contributed by atoms with Crippen molar-refractivity contribution in [3.63, 3.8) is 0 Å². The Labute approximate surface area is 135 Å². The SMILES string of the molecule is COc1ccc(OC)c2c1[C@H]1[C@H]3C4C5[C@@]16C[C@@H]1O[C@H]1C[C@]56[C@@H]2[C@@H]43. The molecule has 1 aromatic rings. The van der Waals surface area contributed by atoms with E-state index in [0.717, 1.165) is 47.0 Å². The topological polar surface area (TPSA) is 31.0 Å². The highest BCUT2D eigenvalue weighted by Gasteiger charge is 3.03. The molecule has 3 nitrogen and oxygen atoms in total. The minimum absolute atomic E-state index is 0.575. The molecule has 2 unspecified atom stereocenters. The minimum Gasteiger partial charge on any atom is -0.496 e. The zero-order valence-electron chi connectivity index (χ0n) is 13.4. The van der Waals surface area contributed by atoms with Gasteiger partial charge in [-0.3, -0.25) is 0 Å². The molecular formula is C20H20O3. The molecule has 2 bridgehead atoms. The highest BCUT2D eigenvalue weighted by Crippen LogP contribution is 3.07. The maximum absolute atomic E-state index is 6.01. The average molecular weight is 308 g/mol. The molecule has 1 saturated heterocycles. The smallest absolute Gasteiger partial charge is 0.122 e. The Morgan fingerprint density at radius 3 is 1.87 bits per heavy atom. The predicted octanol–water partition coefficient (Wildman–Crippen LogP) is 2.94. The maximum atomic E-state index is 6.01. The standard InChI is InChI=1S/C20H20O3/c1-21-7-3-4-8(22-2)12-11(7)16-13-14-15(13)18-19(16)5-9-10(23-9)6-20(18,19)17(12)14/h3-4,9-10,13-18H,5-6H2,1-2H3/t9-,10-,13+,14+,15?,16-,17-,18?,19-,20+/m0/s1. The molecule has 9 rings (SSSR count). The predicted molar refractivity (Wildman–Crippen MR) is 81.7 cm³/mol. The van der Waals surface area contributed by atoms with Gasteiger partial charge in [-0.15, -0.1) is 0 Å². The number of fused-ring (bicyclic) bond motifs is 1. The van der Waals surface area contributed by atoms with Crippen molar-refractivity contribution in [2.45, 2.75) is 36.9 Å². The molecule has 1 aliphatic heterocycles. The quantitative estimate of drug-likeness (QED) is 0.787. The van der Waals surface area contributed by atoms with E-state index in [1.54, 1.807) is 0 Å². The monoisotopic (exact) mass is 308 g/mol. The van der Waals surface area contributed by atoms with Crippen LogP contribution in [-0.2, 0) is 4.74 Å². The van der Waals surface area contributed by atoms with Gasteiger partial charge in [0.25, 0.3) is 0 Å². The van der Waals surface area contributed by atoms with Crippen LogP contribution >= 0.6 is 0 Å². The lowest BCUT2D eigenvalue weighted by atomic mass is 9.52. The molecule has 0 aromatic heterocycles. The summed E-state index contributed by atoms with van der Waals surface area (Å²) in [5.41, 5.74) is 4.23. The highest BCUT2D eigenvalue weighted by atomic mass is 16.6. The third-order valence-corrected chi connectivity index (χ3v) is 9.38. The van der Waals surface area contributed by atoms with Crippen LogP contribution in [0.2, 0.25) is 0 Å². The van der Waals surface area contributed by atoms with Gasteiger partial charge in [0, 0.05) is 11.1 Å². The van der Waals surface area contributed by atoms with Crippen LogP contribution in [0.5, 0.6) is 11.5 Å². The van der Waals surface area contributed by atoms with Gasteiger partial charge in [-0.2, -0.15) is 0 Å². The van der Waals surface area contributed by atoms with Crippen LogP contribution in [0.15, 0.2) is 12.1 Å². The van der Waals surface area contributed by atoms with Gasteiger partial charge in [-0.1, -0.05) is 0 Å². The molecule has 23 heavy (non-hydrogen) atoms. The Kier molecular flexibility index (Phi) is 1.39. The molecule has 0 radical (unpaired) electrons. The Morgan fingerprint density at radius 1 is 0.870 bits per heavy atom. The summed E-state index contributed by atoms with van der Waals surface area (Å²) < 4.78 is 17.7. The summed E-state index contributed by atoms with van der Waals surface area (Å²) in [4.78, 5) is 0. The Balaban J connectivity index is 1.48. The number of hydrogen-bond donors (Lipinski definition) is 0. The molecule has 2 spiro atoms. The first kappa shape index (κ1) is 11.4. The van der Waals surface area contributed by atoms with E-state index in [4.69, 9.17) is 14.2 Å². The normalized spacial score (nSPS) is 62.2. The molecule has 118 valence electrons. The van der Waals surface area contributed by atoms with Crippen molar-refractivity contribution in [1.29, 1.82) is 0 Å². The molecule has 0 amide bonds. The van der Waals surface area contributed by atoms with Crippen LogP contribution in [0, 0.1) is 34.5 Å². The van der Waals surface area contributed by atoms with Crippen molar-refractivity contribution in [2.24, 2.45) is 34.5 Å². The van der Waals surface area contributed by atoms with Gasteiger partial charge in [0.05, 0.1) is 26.4 Å². The fourth-order valence-electron chi connectivity index (χ4n) is 9.33. The van der Waals surface area contributed by atoms with Gasteiger partial charge >= 0.3 is 0 Å². The van der Waals surface area contributed by atoms with E-state index in [1.807, 2.05) is 14.2 Å². The second-order valence-corrected chi connectivity index (χ2v) is 9.16. The van der Waals surface area contributed by atoms with Gasteiger partial charge in [0.1, 0.15) is 11.5 Å². The van der Waals surface area contributed by atoms with Crippen LogP contribution in [0.1, 0.15) is 35.8 Å². The van der Waals surface area contributed by atoms with E-state index in [9.17, 15) is 0 Å². The first-order valence-corrected chi connectivity index (χ1v) is 9.20. The zero-order valence-corrected chi connectivity index (χ0v) is 13.4. The first-order valence-electron chi connectivity index (χ1n) is 9.20. The van der Waals surface area contributed by atoms with Gasteiger partial charge < -0.3 is 14.2 Å². The fraction of sp³-hybridized carbons (Fsp3) is 0.700. The summed E-state index contributed by atoms with van der Waals surface area (Å²) in [5.74, 6) is 7.63. The van der Waals surface area contributed by atoms with E-state index in [-0.39, 0.29) is 0 Å². The summed E-state index contributed by atoms with van der Waals surface area (Å²) in [7, 11) is 3.67. The molecule has 7 aliphatic carbocycles. The molecule has 1 aromatic carbocycles. The number of rotatable bonds is 2. The van der Waals surface area contributed by atoms with Crippen molar-refractivity contribution in [3.05, 3.63) is 23.3 Å². The number of ether oxygens (including phenoxy) is 3. The largest absolute Gasteiger partial charge is 0.496 e. The van der Waals surface area contributed by atoms with E-state index >= 15 is 0 Å². The number of benzene rings is 1. The molecule has 1 heterocycles. The minimum atomic E-state index is 0.575. The Bertz CT molecular complexity index is 767. The lowest BCUT2D eigenvalue weighted by Gasteiger charge is -2.50. The lowest BCUT2D eigenvalue weighted by Crippen LogP contribution is -2.43. The Morgan fingerprint density at radius 2 is 1.39 bits per heavy atom. The summed E-state index contributed by atoms with van der Waals surface area (Å²) in [6, 6.07) is 4.29. The van der Waals surface area contributed by atoms with Crippen LogP contribution in [0.4, 0.5) is 0 Å². The van der Waals surface area contributed by atoms with Crippen LogP contribution in [-0.4, -0.2) is 26.4 Å². The second kappa shape index (κ2) is 2.81. The Hall–Kier alpha value is -1.22. The van der Waals surface area contributed by atoms with E-state index in [1.165, 1.54) is 24.0 Å². The molecule has 5 saturated carbocycles. The molecule has 6 fully saturated rings. The summed E-state index contributed by atoms with van der Waals surface area (Å²) in [6.07, 6.45) is 3.85. The molecule has 0 N–H and O–H groups in total. The van der Waals surface area contributed by atoms with Crippen LogP contribution < -0.4 is 9.47 Å². The number of methoxy groups -OCH3 is 2.